The summed E-state index contributed by atoms with van der Waals surface area (Å²) < 4.78 is 13.8. The van der Waals surface area contributed by atoms with Crippen LogP contribution in [0, 0.1) is 18.2 Å². The molecule has 99 heavy (non-hydrogen) atoms. The molecule has 8 heteroatoms. The zero-order valence-electron chi connectivity index (χ0n) is 58.6. The van der Waals surface area contributed by atoms with Crippen molar-refractivity contribution >= 4 is 65.6 Å². The Hall–Kier alpha value is -10.2. The SMILES string of the molecule is CC(C)c1cc(-c2ccccc2)cc(C(C)C)c1-n1c(-c2[c-]ccc3c2oc2cc4c(ccc5ccccc54)cc23)nc2ccccc21.CC(C)c1cccc(C(C)C)c1-n1c(-c2[c-]cccc2)nc2ccccc21.CC(C)c1cccc(C(C)C)c1-n1ccnc1-c1[c-]cccc1.[Ir+3]. The van der Waals surface area contributed by atoms with Crippen LogP contribution in [0.15, 0.2) is 253 Å². The maximum Gasteiger partial charge on any atom is 3.00 e. The molecule has 0 bridgehead atoms. The average molecular weight is 1470 g/mol. The molecule has 492 valence electrons. The molecule has 0 aliphatic heterocycles. The van der Waals surface area contributed by atoms with Gasteiger partial charge in [0.2, 0.25) is 0 Å². The van der Waals surface area contributed by atoms with Crippen molar-refractivity contribution in [1.82, 2.24) is 28.7 Å². The number of hydrogen-bond donors (Lipinski definition) is 0. The molecule has 0 saturated carbocycles. The van der Waals surface area contributed by atoms with E-state index in [9.17, 15) is 0 Å². The Kier molecular flexibility index (Phi) is 19.5. The summed E-state index contributed by atoms with van der Waals surface area (Å²) >= 11 is 0. The summed E-state index contributed by atoms with van der Waals surface area (Å²) in [5.41, 5.74) is 22.9. The standard InChI is InChI=1S/C45H35N2O.C25H25N2.C21H23N2.Ir/c1-27(2)36-24-32(29-13-6-5-7-14-29)25-37(28(3)4)43(36)47-41-20-11-10-19-40(41)46-45(47)35-18-12-17-34-39-23-31-22-21-30-15-8-9-16-33(30)38(31)26-42(39)48-44(34)35;1-17(2)20-13-10-14-21(18(3)4)24(20)27-23-16-9-8-15-22(23)26-25(27)19-11-6-5-7-12-19;1-15(2)18-11-8-12-19(16(3)4)20(18)23-14-13-22-21(23)17-9-6-5-7-10-17;/h5-17,19-28H,1-4H3;5-11,13-18H,1-4H3;5-9,11-16H,1-4H3;/q3*-1;+3. The number of imidazole rings is 3. The molecule has 0 fully saturated rings. The molecule has 0 saturated heterocycles. The topological polar surface area (TPSA) is 66.6 Å². The first-order valence-electron chi connectivity index (χ1n) is 34.7. The number of hydrogen-bond acceptors (Lipinski definition) is 4. The van der Waals surface area contributed by atoms with E-state index in [1.165, 1.54) is 83.1 Å². The van der Waals surface area contributed by atoms with Crippen molar-refractivity contribution in [2.45, 2.75) is 119 Å². The summed E-state index contributed by atoms with van der Waals surface area (Å²) in [5, 5.41) is 7.02. The van der Waals surface area contributed by atoms with Crippen LogP contribution in [-0.2, 0) is 20.1 Å². The Balaban J connectivity index is 0.000000146. The largest absolute Gasteiger partial charge is 3.00 e. The maximum absolute atomic E-state index is 6.83. The van der Waals surface area contributed by atoms with Crippen LogP contribution in [0.1, 0.15) is 152 Å². The van der Waals surface area contributed by atoms with Gasteiger partial charge in [-0.2, -0.15) is 0 Å². The summed E-state index contributed by atoms with van der Waals surface area (Å²) in [6.07, 6.45) is 3.93. The predicted octanol–water partition coefficient (Wildman–Crippen LogP) is 24.9. The van der Waals surface area contributed by atoms with Gasteiger partial charge in [0.05, 0.1) is 45.1 Å². The maximum atomic E-state index is 6.83. The average Bonchev–Trinajstić information content (AvgIpc) is 1.61. The van der Waals surface area contributed by atoms with Crippen LogP contribution in [0.2, 0.25) is 0 Å². The monoisotopic (exact) mass is 1470 g/mol. The van der Waals surface area contributed by atoms with E-state index in [1.54, 1.807) is 0 Å². The van der Waals surface area contributed by atoms with Crippen molar-refractivity contribution in [1.29, 1.82) is 0 Å². The van der Waals surface area contributed by atoms with Crippen molar-refractivity contribution in [3.05, 3.63) is 301 Å². The third-order valence-corrected chi connectivity index (χ3v) is 19.1. The van der Waals surface area contributed by atoms with E-state index in [2.05, 4.69) is 320 Å². The van der Waals surface area contributed by atoms with Gasteiger partial charge in [0.1, 0.15) is 5.58 Å². The predicted molar refractivity (Wildman–Crippen MR) is 411 cm³/mol. The molecule has 0 aliphatic rings. The van der Waals surface area contributed by atoms with Crippen LogP contribution >= 0.6 is 0 Å². The molecule has 0 N–H and O–H groups in total. The third kappa shape index (κ3) is 12.9. The molecular formula is C91H83IrN6O. The Morgan fingerprint density at radius 2 is 0.848 bits per heavy atom. The first-order valence-corrected chi connectivity index (χ1v) is 34.7. The van der Waals surface area contributed by atoms with Crippen molar-refractivity contribution in [3.63, 3.8) is 0 Å². The Bertz CT molecular complexity index is 5450. The second-order valence-electron chi connectivity index (χ2n) is 27.6. The smallest absolute Gasteiger partial charge is 0.501 e. The van der Waals surface area contributed by atoms with Gasteiger partial charge in [-0.15, -0.1) is 90.0 Å². The summed E-state index contributed by atoms with van der Waals surface area (Å²) in [4.78, 5) is 14.9. The minimum Gasteiger partial charge on any atom is -0.501 e. The van der Waals surface area contributed by atoms with Crippen LogP contribution in [0.4, 0.5) is 0 Å². The third-order valence-electron chi connectivity index (χ3n) is 19.1. The molecular weight excluding hydrogens is 1390 g/mol. The fraction of sp³-hybridized carbons (Fsp3) is 0.198. The second-order valence-corrected chi connectivity index (χ2v) is 27.6. The van der Waals surface area contributed by atoms with Crippen LogP contribution in [0.25, 0.3) is 128 Å². The molecule has 0 aliphatic carbocycles. The molecule has 0 unspecified atom stereocenters. The van der Waals surface area contributed by atoms with Crippen LogP contribution in [0.5, 0.6) is 0 Å². The summed E-state index contributed by atoms with van der Waals surface area (Å²) in [7, 11) is 0. The van der Waals surface area contributed by atoms with Crippen LogP contribution in [-0.4, -0.2) is 28.7 Å². The number of aromatic nitrogens is 6. The number of para-hydroxylation sites is 6. The van der Waals surface area contributed by atoms with E-state index in [0.29, 0.717) is 23.7 Å². The Labute approximate surface area is 596 Å². The zero-order chi connectivity index (χ0) is 67.9. The normalized spacial score (nSPS) is 11.7. The minimum atomic E-state index is 0. The number of rotatable bonds is 13. The summed E-state index contributed by atoms with van der Waals surface area (Å²) in [6, 6.07) is 93.5. The zero-order valence-corrected chi connectivity index (χ0v) is 61.0. The molecule has 4 aromatic heterocycles. The Morgan fingerprint density at radius 3 is 1.42 bits per heavy atom. The van der Waals surface area contributed by atoms with E-state index >= 15 is 0 Å². The Morgan fingerprint density at radius 1 is 0.354 bits per heavy atom. The minimum absolute atomic E-state index is 0. The van der Waals surface area contributed by atoms with Crippen molar-refractivity contribution in [2.24, 2.45) is 0 Å². The number of fused-ring (bicyclic) bond motifs is 8. The quantitative estimate of drug-likeness (QED) is 0.0852. The van der Waals surface area contributed by atoms with E-state index in [4.69, 9.17) is 14.4 Å². The summed E-state index contributed by atoms with van der Waals surface area (Å²) in [6.45, 7) is 27.2. The first kappa shape index (κ1) is 67.3. The van der Waals surface area contributed by atoms with E-state index in [0.717, 1.165) is 78.2 Å². The molecule has 7 nitrogen and oxygen atoms in total. The van der Waals surface area contributed by atoms with Crippen molar-refractivity contribution < 1.29 is 24.5 Å². The number of furan rings is 1. The molecule has 16 aromatic rings. The van der Waals surface area contributed by atoms with Crippen molar-refractivity contribution in [2.75, 3.05) is 0 Å². The molecule has 0 atom stereocenters. The van der Waals surface area contributed by atoms with E-state index < -0.39 is 0 Å². The molecule has 0 radical (unpaired) electrons. The van der Waals surface area contributed by atoms with Crippen LogP contribution in [0.3, 0.4) is 0 Å². The second kappa shape index (κ2) is 28.7. The molecule has 12 aromatic carbocycles. The molecule has 0 spiro atoms. The van der Waals surface area contributed by atoms with Gasteiger partial charge in [0, 0.05) is 34.8 Å². The molecule has 16 rings (SSSR count). The molecule has 4 heterocycles. The first-order chi connectivity index (χ1) is 47.6. The number of nitrogens with zero attached hydrogens (tertiary/aromatic N) is 6. The fourth-order valence-electron chi connectivity index (χ4n) is 14.2. The van der Waals surface area contributed by atoms with Gasteiger partial charge in [0.15, 0.2) is 0 Å². The van der Waals surface area contributed by atoms with Gasteiger partial charge in [-0.25, -0.2) is 0 Å². The fourth-order valence-corrected chi connectivity index (χ4v) is 14.2. The van der Waals surface area contributed by atoms with Gasteiger partial charge in [-0.3, -0.25) is 15.0 Å². The van der Waals surface area contributed by atoms with Crippen molar-refractivity contribution in [3.8, 4) is 62.4 Å². The van der Waals surface area contributed by atoms with Gasteiger partial charge in [-0.05, 0) is 150 Å². The van der Waals surface area contributed by atoms with Crippen LogP contribution < -0.4 is 0 Å². The molecule has 0 amide bonds. The number of benzene rings is 12. The van der Waals surface area contributed by atoms with Gasteiger partial charge >= 0.3 is 20.1 Å². The van der Waals surface area contributed by atoms with E-state index in [1.807, 2.05) is 48.7 Å². The van der Waals surface area contributed by atoms with Gasteiger partial charge < -0.3 is 18.1 Å². The van der Waals surface area contributed by atoms with E-state index in [-0.39, 0.29) is 31.9 Å². The van der Waals surface area contributed by atoms with Gasteiger partial charge in [0.25, 0.3) is 0 Å². The summed E-state index contributed by atoms with van der Waals surface area (Å²) in [5.74, 6) is 5.06. The van der Waals surface area contributed by atoms with Gasteiger partial charge in [-0.1, -0.05) is 221 Å².